The third-order valence-corrected chi connectivity index (χ3v) is 4.63. The fourth-order valence-electron chi connectivity index (χ4n) is 2.68. The number of hydrogen-bond donors (Lipinski definition) is 3. The zero-order chi connectivity index (χ0) is 18.4. The van der Waals surface area contributed by atoms with E-state index in [1.807, 2.05) is 0 Å². The first-order valence-corrected chi connectivity index (χ1v) is 8.15. The molecule has 4 N–H and O–H groups in total. The molecule has 10 heteroatoms. The molecule has 3 heterocycles. The Morgan fingerprint density at radius 3 is 2.72 bits per heavy atom. The van der Waals surface area contributed by atoms with Crippen LogP contribution in [0.2, 0.25) is 0 Å². The normalized spacial score (nSPS) is 21.4. The summed E-state index contributed by atoms with van der Waals surface area (Å²) < 4.78 is 26.9. The van der Waals surface area contributed by atoms with Gasteiger partial charge < -0.3 is 15.8 Å². The lowest BCUT2D eigenvalue weighted by Crippen LogP contribution is -2.56. The van der Waals surface area contributed by atoms with Crippen LogP contribution in [0, 0.1) is 5.41 Å². The average Bonchev–Trinajstić information content (AvgIpc) is 2.54. The molecule has 25 heavy (non-hydrogen) atoms. The summed E-state index contributed by atoms with van der Waals surface area (Å²) in [6, 6.07) is 3.49. The Balaban J connectivity index is 1.88. The second-order valence-electron chi connectivity index (χ2n) is 5.88. The highest BCUT2D eigenvalue weighted by Crippen LogP contribution is 2.35. The average molecular weight is 413 g/mol. The highest BCUT2D eigenvalue weighted by atomic mass is 79.9. The zero-order valence-corrected chi connectivity index (χ0v) is 14.8. The second-order valence-corrected chi connectivity index (χ2v) is 6.74. The third-order valence-electron chi connectivity index (χ3n) is 4.01. The fraction of sp³-hybridized carbons (Fsp3) is 0.333. The molecule has 0 bridgehead atoms. The minimum absolute atomic E-state index is 0.147. The first-order valence-electron chi connectivity index (χ1n) is 7.35. The van der Waals surface area contributed by atoms with Crippen LogP contribution in [-0.4, -0.2) is 46.5 Å². The van der Waals surface area contributed by atoms with Crippen LogP contribution >= 0.6 is 15.9 Å². The number of alkyl halides is 2. The number of aliphatic imine (C=N–C) groups is 1. The summed E-state index contributed by atoms with van der Waals surface area (Å²) in [5.41, 5.74) is 7.67. The van der Waals surface area contributed by atoms with Crippen molar-refractivity contribution in [3.63, 3.8) is 0 Å². The summed E-state index contributed by atoms with van der Waals surface area (Å²) in [5.74, 6) is -2.39. The van der Waals surface area contributed by atoms with E-state index in [-0.39, 0.29) is 36.8 Å². The molecule has 0 spiro atoms. The maximum absolute atomic E-state index is 13.1. The number of nitrogens with two attached hydrogens (primary N) is 1. The molecular weight excluding hydrogens is 398 g/mol. The minimum Gasteiger partial charge on any atom is -0.409 e. The molecule has 3 rings (SSSR count). The van der Waals surface area contributed by atoms with Crippen molar-refractivity contribution in [1.29, 1.82) is 5.41 Å². The van der Waals surface area contributed by atoms with Crippen molar-refractivity contribution < 1.29 is 14.0 Å². The van der Waals surface area contributed by atoms with Gasteiger partial charge in [0.1, 0.15) is 11.5 Å². The van der Waals surface area contributed by atoms with Crippen molar-refractivity contribution in [1.82, 2.24) is 4.98 Å². The van der Waals surface area contributed by atoms with E-state index >= 15 is 0 Å². The van der Waals surface area contributed by atoms with E-state index in [2.05, 4.69) is 31.1 Å². The number of nitrogens with one attached hydrogen (secondary N) is 1. The molecule has 0 unspecified atom stereocenters. The van der Waals surface area contributed by atoms with Crippen LogP contribution < -0.4 is 10.6 Å². The molecule has 132 valence electrons. The van der Waals surface area contributed by atoms with Crippen molar-refractivity contribution in [2.45, 2.75) is 19.3 Å². The van der Waals surface area contributed by atoms with Crippen LogP contribution in [0.1, 0.15) is 12.6 Å². The number of halogens is 3. The molecule has 0 saturated carbocycles. The number of rotatable bonds is 3. The van der Waals surface area contributed by atoms with E-state index in [9.17, 15) is 8.78 Å². The maximum Gasteiger partial charge on any atom is 0.282 e. The van der Waals surface area contributed by atoms with E-state index in [4.69, 9.17) is 16.4 Å². The SMILES string of the molecule is CC1=N/C(=N/O)C(=N)C(N)=C1Cc1ccc(Br)c(N2CC(F)(F)C2)n1. The van der Waals surface area contributed by atoms with Crippen molar-refractivity contribution in [2.75, 3.05) is 18.0 Å². The van der Waals surface area contributed by atoms with Gasteiger partial charge in [-0.05, 0) is 35.0 Å². The number of aromatic nitrogens is 1. The topological polar surface area (TPSA) is 111 Å². The quantitative estimate of drug-likeness (QED) is 0.522. The van der Waals surface area contributed by atoms with E-state index in [0.29, 0.717) is 27.3 Å². The third kappa shape index (κ3) is 3.26. The molecule has 2 aliphatic rings. The molecule has 1 aromatic heterocycles. The number of oxime groups is 1. The van der Waals surface area contributed by atoms with Gasteiger partial charge in [0.15, 0.2) is 0 Å². The van der Waals surface area contributed by atoms with Crippen molar-refractivity contribution >= 4 is 39.0 Å². The first-order chi connectivity index (χ1) is 11.7. The minimum atomic E-state index is -2.69. The van der Waals surface area contributed by atoms with Gasteiger partial charge >= 0.3 is 0 Å². The van der Waals surface area contributed by atoms with E-state index in [1.165, 1.54) is 4.90 Å². The predicted molar refractivity (Wildman–Crippen MR) is 94.1 cm³/mol. The Hall–Kier alpha value is -2.36. The van der Waals surface area contributed by atoms with Gasteiger partial charge in [0, 0.05) is 23.4 Å². The van der Waals surface area contributed by atoms with Gasteiger partial charge in [0.05, 0.1) is 23.3 Å². The number of pyridine rings is 1. The molecule has 7 nitrogen and oxygen atoms in total. The fourth-order valence-corrected chi connectivity index (χ4v) is 3.15. The Kier molecular flexibility index (Phi) is 4.31. The van der Waals surface area contributed by atoms with E-state index in [0.717, 1.165) is 0 Å². The molecule has 0 aliphatic carbocycles. The largest absolute Gasteiger partial charge is 0.409 e. The summed E-state index contributed by atoms with van der Waals surface area (Å²) in [7, 11) is 0. The first kappa shape index (κ1) is 17.5. The molecule has 1 saturated heterocycles. The molecule has 1 fully saturated rings. The molecule has 2 aliphatic heterocycles. The van der Waals surface area contributed by atoms with Crippen LogP contribution in [0.15, 0.2) is 38.0 Å². The maximum atomic E-state index is 13.1. The lowest BCUT2D eigenvalue weighted by Gasteiger charge is -2.40. The van der Waals surface area contributed by atoms with Gasteiger partial charge in [0.25, 0.3) is 5.92 Å². The summed E-state index contributed by atoms with van der Waals surface area (Å²) in [6.45, 7) is 0.957. The Bertz CT molecular complexity index is 840. The standard InChI is InChI=1S/C15H15BrF2N6O/c1-7-9(11(19)12(20)13(21-7)23-25)4-8-2-3-10(16)14(22-8)24-5-15(17,18)6-24/h2-3,20,25H,4-6,19H2,1H3/b20-12?,23-13+. The number of amidine groups is 1. The summed E-state index contributed by atoms with van der Waals surface area (Å²) >= 11 is 3.33. The van der Waals surface area contributed by atoms with Crippen LogP contribution in [-0.2, 0) is 6.42 Å². The Morgan fingerprint density at radius 2 is 2.12 bits per heavy atom. The van der Waals surface area contributed by atoms with Crippen LogP contribution in [0.3, 0.4) is 0 Å². The second kappa shape index (κ2) is 6.17. The van der Waals surface area contributed by atoms with Gasteiger partial charge in [-0.1, -0.05) is 5.16 Å². The summed E-state index contributed by atoms with van der Waals surface area (Å²) in [5, 5.41) is 19.7. The van der Waals surface area contributed by atoms with Crippen LogP contribution in [0.5, 0.6) is 0 Å². The van der Waals surface area contributed by atoms with E-state index in [1.54, 1.807) is 19.1 Å². The molecular formula is C15H15BrF2N6O. The smallest absolute Gasteiger partial charge is 0.282 e. The summed E-state index contributed by atoms with van der Waals surface area (Å²) in [6.07, 6.45) is 0.284. The lowest BCUT2D eigenvalue weighted by molar-refractivity contribution is -0.0267. The highest BCUT2D eigenvalue weighted by molar-refractivity contribution is 9.10. The molecule has 1 aromatic rings. The lowest BCUT2D eigenvalue weighted by atomic mass is 9.97. The number of dihydropyridines is 1. The number of anilines is 1. The monoisotopic (exact) mass is 412 g/mol. The summed E-state index contributed by atoms with van der Waals surface area (Å²) in [4.78, 5) is 9.97. The zero-order valence-electron chi connectivity index (χ0n) is 13.2. The number of allylic oxidation sites excluding steroid dienone is 1. The Morgan fingerprint density at radius 1 is 1.44 bits per heavy atom. The predicted octanol–water partition coefficient (Wildman–Crippen LogP) is 2.34. The van der Waals surface area contributed by atoms with Gasteiger partial charge in [-0.2, -0.15) is 0 Å². The van der Waals surface area contributed by atoms with Crippen LogP contribution in [0.25, 0.3) is 0 Å². The van der Waals surface area contributed by atoms with Gasteiger partial charge in [-0.25, -0.2) is 18.8 Å². The molecule has 0 amide bonds. The number of hydrogen-bond acceptors (Lipinski definition) is 6. The molecule has 0 aromatic carbocycles. The van der Waals surface area contributed by atoms with E-state index < -0.39 is 5.92 Å². The molecule has 0 radical (unpaired) electrons. The van der Waals surface area contributed by atoms with Gasteiger partial charge in [-0.3, -0.25) is 5.41 Å². The van der Waals surface area contributed by atoms with Crippen molar-refractivity contribution in [2.24, 2.45) is 15.9 Å². The van der Waals surface area contributed by atoms with Crippen molar-refractivity contribution in [3.05, 3.63) is 33.6 Å². The highest BCUT2D eigenvalue weighted by Gasteiger charge is 2.45. The van der Waals surface area contributed by atoms with Crippen LogP contribution in [0.4, 0.5) is 14.6 Å². The molecule has 0 atom stereocenters. The Labute approximate surface area is 150 Å². The van der Waals surface area contributed by atoms with Crippen molar-refractivity contribution in [3.8, 4) is 0 Å². The number of nitrogens with zero attached hydrogens (tertiary/aromatic N) is 4. The van der Waals surface area contributed by atoms with Gasteiger partial charge in [-0.15, -0.1) is 0 Å². The van der Waals surface area contributed by atoms with Gasteiger partial charge in [0.2, 0.25) is 5.84 Å².